The predicted molar refractivity (Wildman–Crippen MR) is 159 cm³/mol. The van der Waals surface area contributed by atoms with E-state index >= 15 is 0 Å². The fourth-order valence-electron chi connectivity index (χ4n) is 4.32. The molecule has 0 saturated carbocycles. The summed E-state index contributed by atoms with van der Waals surface area (Å²) in [6, 6.07) is 23.1. The quantitative estimate of drug-likeness (QED) is 0.155. The summed E-state index contributed by atoms with van der Waals surface area (Å²) in [5.41, 5.74) is 0.793. The van der Waals surface area contributed by atoms with Crippen LogP contribution in [0, 0.1) is 0 Å². The first-order valence-electron chi connectivity index (χ1n) is 12.8. The molecule has 0 atom stereocenters. The van der Waals surface area contributed by atoms with Gasteiger partial charge in [0.05, 0.1) is 29.6 Å². The number of aliphatic carboxylic acids is 3. The summed E-state index contributed by atoms with van der Waals surface area (Å²) < 4.78 is 5.03. The van der Waals surface area contributed by atoms with Crippen LogP contribution in [0.15, 0.2) is 84.9 Å². The zero-order valence-electron chi connectivity index (χ0n) is 23.3. The Morgan fingerprint density at radius 1 is 0.591 bits per heavy atom. The smallest absolute Gasteiger partial charge is 0.337 e. The number of aromatic carboxylic acids is 2. The van der Waals surface area contributed by atoms with Gasteiger partial charge in [-0.05, 0) is 53.2 Å². The number of fused-ring (bicyclic) bond motifs is 1. The van der Waals surface area contributed by atoms with Gasteiger partial charge in [0.2, 0.25) is 0 Å². The summed E-state index contributed by atoms with van der Waals surface area (Å²) in [7, 11) is 1.44. The average Bonchev–Trinajstić information content (AvgIpc) is 2.98. The van der Waals surface area contributed by atoms with Gasteiger partial charge in [-0.15, -0.1) is 0 Å². The van der Waals surface area contributed by atoms with Gasteiger partial charge in [-0.2, -0.15) is 0 Å². The monoisotopic (exact) mass is 604 g/mol. The molecular weight excluding hydrogens is 576 g/mol. The van der Waals surface area contributed by atoms with Gasteiger partial charge in [0.1, 0.15) is 25.4 Å². The van der Waals surface area contributed by atoms with Crippen molar-refractivity contribution in [2.75, 3.05) is 36.5 Å². The fourth-order valence-corrected chi connectivity index (χ4v) is 4.32. The molecule has 0 aliphatic rings. The third-order valence-corrected chi connectivity index (χ3v) is 6.17. The number of ether oxygens (including phenoxy) is 1. The summed E-state index contributed by atoms with van der Waals surface area (Å²) in [4.78, 5) is 58.4. The molecule has 0 saturated heterocycles. The molecule has 0 radical (unpaired) electrons. The molecule has 13 nitrogen and oxygen atoms in total. The van der Waals surface area contributed by atoms with E-state index in [1.807, 2.05) is 0 Å². The third kappa shape index (κ3) is 8.45. The molecule has 44 heavy (non-hydrogen) atoms. The Kier molecular flexibility index (Phi) is 10.8. The number of hydrogen-bond donors (Lipinski definition) is 5. The second kappa shape index (κ2) is 14.7. The normalized spacial score (nSPS) is 10.2. The summed E-state index contributed by atoms with van der Waals surface area (Å²) in [6.07, 6.45) is 0. The van der Waals surface area contributed by atoms with E-state index in [0.29, 0.717) is 27.9 Å². The van der Waals surface area contributed by atoms with Gasteiger partial charge in [0.25, 0.3) is 0 Å². The number of anilines is 3. The molecule has 4 rings (SSSR count). The fraction of sp³-hybridized carbons (Fsp3) is 0.129. The van der Waals surface area contributed by atoms with Crippen molar-refractivity contribution in [1.29, 1.82) is 0 Å². The van der Waals surface area contributed by atoms with Gasteiger partial charge in [0.15, 0.2) is 0 Å². The molecule has 13 heteroatoms. The molecule has 0 bridgehead atoms. The molecule has 4 aromatic rings. The molecule has 0 unspecified atom stereocenters. The number of para-hydroxylation sites is 1. The van der Waals surface area contributed by atoms with Crippen LogP contribution >= 0.6 is 0 Å². The molecule has 0 aliphatic heterocycles. The summed E-state index contributed by atoms with van der Waals surface area (Å²) in [5.74, 6) is -5.56. The van der Waals surface area contributed by atoms with E-state index in [0.717, 1.165) is 4.90 Å². The van der Waals surface area contributed by atoms with E-state index in [-0.39, 0.29) is 23.4 Å². The third-order valence-electron chi connectivity index (χ3n) is 6.17. The second-order valence-electron chi connectivity index (χ2n) is 9.17. The first-order valence-corrected chi connectivity index (χ1v) is 12.8. The van der Waals surface area contributed by atoms with Crippen molar-refractivity contribution in [2.45, 2.75) is 0 Å². The zero-order chi connectivity index (χ0) is 32.4. The molecular formula is C31H28N2O11. The number of nitrogens with zero attached hydrogens (tertiary/aromatic N) is 2. The van der Waals surface area contributed by atoms with E-state index in [1.54, 1.807) is 60.7 Å². The van der Waals surface area contributed by atoms with Crippen LogP contribution in [0.3, 0.4) is 0 Å². The molecule has 5 N–H and O–H groups in total. The Labute approximate surface area is 250 Å². The van der Waals surface area contributed by atoms with Crippen LogP contribution in [0.25, 0.3) is 10.8 Å². The first kappa shape index (κ1) is 32.4. The minimum Gasteiger partial charge on any atom is -0.497 e. The Morgan fingerprint density at radius 3 is 1.59 bits per heavy atom. The van der Waals surface area contributed by atoms with Crippen LogP contribution in [0.5, 0.6) is 5.75 Å². The highest BCUT2D eigenvalue weighted by Crippen LogP contribution is 2.31. The number of methoxy groups -OCH3 is 1. The standard InChI is InChI=1S/C16H15NO5.C15H13NO6/c1-22-12-7-8-14(13(9-12)16(20)21)17(10-15(18)19)11-5-3-2-4-6-11;17-13(18)7-16(8-14(19)20)12-6-10-4-2-1-3-9(10)5-11(12)15(21)22/h2-9H,10H2,1H3,(H,18,19)(H,20,21);1-6H,7-8H2,(H,17,18)(H,19,20)(H,21,22). The van der Waals surface area contributed by atoms with Crippen LogP contribution in [-0.4, -0.2) is 82.1 Å². The van der Waals surface area contributed by atoms with Crippen molar-refractivity contribution in [3.8, 4) is 5.75 Å². The summed E-state index contributed by atoms with van der Waals surface area (Å²) >= 11 is 0. The molecule has 228 valence electrons. The van der Waals surface area contributed by atoms with E-state index in [1.165, 1.54) is 36.3 Å². The van der Waals surface area contributed by atoms with Gasteiger partial charge in [-0.3, -0.25) is 14.4 Å². The van der Waals surface area contributed by atoms with E-state index < -0.39 is 42.9 Å². The van der Waals surface area contributed by atoms with Crippen LogP contribution in [0.2, 0.25) is 0 Å². The molecule has 0 fully saturated rings. The van der Waals surface area contributed by atoms with E-state index in [2.05, 4.69) is 0 Å². The minimum atomic E-state index is -1.25. The van der Waals surface area contributed by atoms with Gasteiger partial charge < -0.3 is 40.1 Å². The largest absolute Gasteiger partial charge is 0.497 e. The lowest BCUT2D eigenvalue weighted by Gasteiger charge is -2.24. The van der Waals surface area contributed by atoms with Crippen molar-refractivity contribution >= 4 is 57.7 Å². The molecule has 0 heterocycles. The lowest BCUT2D eigenvalue weighted by atomic mass is 10.0. The highest BCUT2D eigenvalue weighted by atomic mass is 16.5. The number of hydrogen-bond acceptors (Lipinski definition) is 8. The highest BCUT2D eigenvalue weighted by Gasteiger charge is 2.22. The topological polar surface area (TPSA) is 202 Å². The first-order chi connectivity index (χ1) is 20.9. The molecule has 0 spiro atoms. The maximum Gasteiger partial charge on any atom is 0.337 e. The lowest BCUT2D eigenvalue weighted by Crippen LogP contribution is -2.35. The Bertz CT molecular complexity index is 1670. The second-order valence-corrected chi connectivity index (χ2v) is 9.17. The van der Waals surface area contributed by atoms with Crippen LogP contribution in [0.1, 0.15) is 20.7 Å². The number of carbonyl (C=O) groups is 5. The van der Waals surface area contributed by atoms with Crippen molar-refractivity contribution in [1.82, 2.24) is 0 Å². The molecule has 4 aromatic carbocycles. The van der Waals surface area contributed by atoms with Crippen molar-refractivity contribution in [3.63, 3.8) is 0 Å². The summed E-state index contributed by atoms with van der Waals surface area (Å²) in [5, 5.41) is 47.0. The SMILES string of the molecule is COc1ccc(N(CC(=O)O)c2ccccc2)c(C(=O)O)c1.O=C(O)CN(CC(=O)O)c1cc2ccccc2cc1C(=O)O. The average molecular weight is 605 g/mol. The van der Waals surface area contributed by atoms with Crippen molar-refractivity contribution in [2.24, 2.45) is 0 Å². The number of benzene rings is 4. The van der Waals surface area contributed by atoms with E-state index in [4.69, 9.17) is 20.1 Å². The predicted octanol–water partition coefficient (Wildman–Crippen LogP) is 4.13. The maximum atomic E-state index is 11.5. The van der Waals surface area contributed by atoms with Gasteiger partial charge in [-0.25, -0.2) is 9.59 Å². The lowest BCUT2D eigenvalue weighted by molar-refractivity contribution is -0.137. The Morgan fingerprint density at radius 2 is 1.09 bits per heavy atom. The van der Waals surface area contributed by atoms with Crippen molar-refractivity contribution < 1.29 is 54.2 Å². The van der Waals surface area contributed by atoms with Gasteiger partial charge >= 0.3 is 29.8 Å². The maximum absolute atomic E-state index is 11.5. The van der Waals surface area contributed by atoms with Gasteiger partial charge in [0, 0.05) is 5.69 Å². The van der Waals surface area contributed by atoms with Gasteiger partial charge in [-0.1, -0.05) is 42.5 Å². The Balaban J connectivity index is 0.000000240. The summed E-state index contributed by atoms with van der Waals surface area (Å²) in [6.45, 7) is -1.56. The highest BCUT2D eigenvalue weighted by molar-refractivity contribution is 6.02. The number of carboxylic acid groups (broad SMARTS) is 5. The van der Waals surface area contributed by atoms with Crippen LogP contribution in [-0.2, 0) is 14.4 Å². The molecule has 0 amide bonds. The van der Waals surface area contributed by atoms with Crippen molar-refractivity contribution in [3.05, 3.63) is 96.1 Å². The Hall–Kier alpha value is -6.11. The van der Waals surface area contributed by atoms with Crippen LogP contribution < -0.4 is 14.5 Å². The van der Waals surface area contributed by atoms with E-state index in [9.17, 15) is 34.2 Å². The zero-order valence-corrected chi connectivity index (χ0v) is 23.3. The molecule has 0 aliphatic carbocycles. The van der Waals surface area contributed by atoms with Crippen LogP contribution in [0.4, 0.5) is 17.1 Å². The number of rotatable bonds is 12. The molecule has 0 aromatic heterocycles. The number of carboxylic acids is 5. The minimum absolute atomic E-state index is 0.0237.